The highest BCUT2D eigenvalue weighted by Crippen LogP contribution is 2.27. The summed E-state index contributed by atoms with van der Waals surface area (Å²) in [5.41, 5.74) is 0. The Kier molecular flexibility index (Phi) is 3.20. The van der Waals surface area contributed by atoms with Crippen LogP contribution in [0.15, 0.2) is 0 Å². The summed E-state index contributed by atoms with van der Waals surface area (Å²) in [4.78, 5) is 0. The topological polar surface area (TPSA) is 12.0 Å². The molecule has 60 valence electrons. The van der Waals surface area contributed by atoms with Gasteiger partial charge in [0.25, 0.3) is 0 Å². The van der Waals surface area contributed by atoms with E-state index >= 15 is 0 Å². The van der Waals surface area contributed by atoms with Crippen LogP contribution in [0.4, 0.5) is 0 Å². The summed E-state index contributed by atoms with van der Waals surface area (Å²) in [5.74, 6) is 1.95. The molecule has 1 saturated carbocycles. The maximum absolute atomic E-state index is 3.26. The molecule has 1 nitrogen and oxygen atoms in total. The maximum Gasteiger partial charge on any atom is -0.00234 e. The number of hydrogen-bond acceptors (Lipinski definition) is 1. The third-order valence-corrected chi connectivity index (χ3v) is 2.54. The van der Waals surface area contributed by atoms with Crippen LogP contribution >= 0.6 is 0 Å². The lowest BCUT2D eigenvalue weighted by Gasteiger charge is -2.26. The molecular weight excluding hydrogens is 122 g/mol. The zero-order valence-electron chi connectivity index (χ0n) is 7.19. The van der Waals surface area contributed by atoms with Gasteiger partial charge in [-0.1, -0.05) is 19.8 Å². The lowest BCUT2D eigenvalue weighted by atomic mass is 9.82. The fourth-order valence-corrected chi connectivity index (χ4v) is 2.03. The molecule has 0 aromatic heterocycles. The quantitative estimate of drug-likeness (QED) is 0.620. The SMILES string of the molecule is CNCC1CCCC(C)C1. The van der Waals surface area contributed by atoms with Crippen molar-refractivity contribution in [1.82, 2.24) is 5.32 Å². The third kappa shape index (κ3) is 2.30. The zero-order valence-corrected chi connectivity index (χ0v) is 7.19. The Morgan fingerprint density at radius 2 is 2.20 bits per heavy atom. The minimum atomic E-state index is 0.966. The minimum Gasteiger partial charge on any atom is -0.319 e. The van der Waals surface area contributed by atoms with Crippen molar-refractivity contribution in [1.29, 1.82) is 0 Å². The van der Waals surface area contributed by atoms with Crippen LogP contribution in [0.3, 0.4) is 0 Å². The Morgan fingerprint density at radius 3 is 2.80 bits per heavy atom. The molecule has 0 aliphatic heterocycles. The molecular formula is C9H19N. The van der Waals surface area contributed by atoms with Crippen molar-refractivity contribution in [2.24, 2.45) is 11.8 Å². The molecule has 0 heterocycles. The van der Waals surface area contributed by atoms with Gasteiger partial charge < -0.3 is 5.32 Å². The van der Waals surface area contributed by atoms with E-state index in [1.54, 1.807) is 0 Å². The summed E-state index contributed by atoms with van der Waals surface area (Å²) in [7, 11) is 2.05. The highest BCUT2D eigenvalue weighted by Gasteiger charge is 2.17. The monoisotopic (exact) mass is 141 g/mol. The van der Waals surface area contributed by atoms with Crippen molar-refractivity contribution in [3.05, 3.63) is 0 Å². The molecule has 10 heavy (non-hydrogen) atoms. The number of hydrogen-bond donors (Lipinski definition) is 1. The Labute approximate surface area is 64.2 Å². The molecule has 1 fully saturated rings. The van der Waals surface area contributed by atoms with Crippen molar-refractivity contribution >= 4 is 0 Å². The maximum atomic E-state index is 3.26. The first-order chi connectivity index (χ1) is 4.83. The van der Waals surface area contributed by atoms with E-state index in [1.807, 2.05) is 0 Å². The normalized spacial score (nSPS) is 34.2. The van der Waals surface area contributed by atoms with Crippen molar-refractivity contribution < 1.29 is 0 Å². The average Bonchev–Trinajstić information content (AvgIpc) is 1.88. The summed E-state index contributed by atoms with van der Waals surface area (Å²) >= 11 is 0. The average molecular weight is 141 g/mol. The molecule has 0 spiro atoms. The molecule has 0 bridgehead atoms. The van der Waals surface area contributed by atoms with Crippen LogP contribution in [0, 0.1) is 11.8 Å². The molecule has 1 aliphatic rings. The Morgan fingerprint density at radius 1 is 1.40 bits per heavy atom. The van der Waals surface area contributed by atoms with Crippen molar-refractivity contribution in [3.8, 4) is 0 Å². The van der Waals surface area contributed by atoms with Crippen LogP contribution in [0.2, 0.25) is 0 Å². The van der Waals surface area contributed by atoms with Gasteiger partial charge in [0.1, 0.15) is 0 Å². The van der Waals surface area contributed by atoms with Crippen LogP contribution in [0.5, 0.6) is 0 Å². The van der Waals surface area contributed by atoms with E-state index in [9.17, 15) is 0 Å². The van der Waals surface area contributed by atoms with E-state index < -0.39 is 0 Å². The number of nitrogens with one attached hydrogen (secondary N) is 1. The first-order valence-electron chi connectivity index (χ1n) is 4.47. The molecule has 0 aromatic rings. The predicted octanol–water partition coefficient (Wildman–Crippen LogP) is 2.03. The van der Waals surface area contributed by atoms with Gasteiger partial charge in [0.15, 0.2) is 0 Å². The summed E-state index contributed by atoms with van der Waals surface area (Å²) in [5, 5.41) is 3.26. The molecule has 2 unspecified atom stereocenters. The van der Waals surface area contributed by atoms with Crippen molar-refractivity contribution in [2.75, 3.05) is 13.6 Å². The van der Waals surface area contributed by atoms with Gasteiger partial charge in [-0.15, -0.1) is 0 Å². The molecule has 0 amide bonds. The summed E-state index contributed by atoms with van der Waals surface area (Å²) in [6.45, 7) is 3.60. The zero-order chi connectivity index (χ0) is 7.40. The second kappa shape index (κ2) is 3.97. The molecule has 1 rings (SSSR count). The van der Waals surface area contributed by atoms with Gasteiger partial charge >= 0.3 is 0 Å². The standard InChI is InChI=1S/C9H19N/c1-8-4-3-5-9(6-8)7-10-2/h8-10H,3-7H2,1-2H3. The highest BCUT2D eigenvalue weighted by molar-refractivity contribution is 4.71. The largest absolute Gasteiger partial charge is 0.319 e. The molecule has 1 heteroatoms. The first kappa shape index (κ1) is 8.06. The van der Waals surface area contributed by atoms with Crippen molar-refractivity contribution in [2.45, 2.75) is 32.6 Å². The van der Waals surface area contributed by atoms with Gasteiger partial charge in [-0.2, -0.15) is 0 Å². The van der Waals surface area contributed by atoms with E-state index in [2.05, 4.69) is 19.3 Å². The van der Waals surface area contributed by atoms with E-state index in [0.717, 1.165) is 11.8 Å². The van der Waals surface area contributed by atoms with Gasteiger partial charge in [0, 0.05) is 0 Å². The van der Waals surface area contributed by atoms with Gasteiger partial charge in [-0.25, -0.2) is 0 Å². The Bertz CT molecular complexity index is 88.7. The number of rotatable bonds is 2. The predicted molar refractivity (Wildman–Crippen MR) is 45.0 cm³/mol. The van der Waals surface area contributed by atoms with Gasteiger partial charge in [0.05, 0.1) is 0 Å². The third-order valence-electron chi connectivity index (χ3n) is 2.54. The summed E-state index contributed by atoms with van der Waals surface area (Å²) < 4.78 is 0. The fraction of sp³-hybridized carbons (Fsp3) is 1.00. The highest BCUT2D eigenvalue weighted by atomic mass is 14.8. The van der Waals surface area contributed by atoms with Crippen LogP contribution in [-0.2, 0) is 0 Å². The lowest BCUT2D eigenvalue weighted by Crippen LogP contribution is -2.23. The molecule has 1 aliphatic carbocycles. The van der Waals surface area contributed by atoms with Crippen molar-refractivity contribution in [3.63, 3.8) is 0 Å². The van der Waals surface area contributed by atoms with E-state index in [1.165, 1.54) is 32.2 Å². The van der Waals surface area contributed by atoms with Crippen LogP contribution in [0.1, 0.15) is 32.6 Å². The fourth-order valence-electron chi connectivity index (χ4n) is 2.03. The van der Waals surface area contributed by atoms with Crippen LogP contribution in [0.25, 0.3) is 0 Å². The smallest absolute Gasteiger partial charge is 0.00234 e. The lowest BCUT2D eigenvalue weighted by molar-refractivity contribution is 0.278. The summed E-state index contributed by atoms with van der Waals surface area (Å²) in [6, 6.07) is 0. The van der Waals surface area contributed by atoms with E-state index in [4.69, 9.17) is 0 Å². The molecule has 0 radical (unpaired) electrons. The molecule has 0 aromatic carbocycles. The van der Waals surface area contributed by atoms with E-state index in [0.29, 0.717) is 0 Å². The first-order valence-corrected chi connectivity index (χ1v) is 4.47. The summed E-state index contributed by atoms with van der Waals surface area (Å²) in [6.07, 6.45) is 5.81. The second-order valence-electron chi connectivity index (χ2n) is 3.70. The van der Waals surface area contributed by atoms with Gasteiger partial charge in [-0.3, -0.25) is 0 Å². The molecule has 2 atom stereocenters. The minimum absolute atomic E-state index is 0.966. The molecule has 0 saturated heterocycles. The van der Waals surface area contributed by atoms with Gasteiger partial charge in [0.2, 0.25) is 0 Å². The Hall–Kier alpha value is -0.0400. The molecule has 1 N–H and O–H groups in total. The van der Waals surface area contributed by atoms with Crippen LogP contribution < -0.4 is 5.32 Å². The van der Waals surface area contributed by atoms with E-state index in [-0.39, 0.29) is 0 Å². The second-order valence-corrected chi connectivity index (χ2v) is 3.70. The van der Waals surface area contributed by atoms with Gasteiger partial charge in [-0.05, 0) is 38.3 Å². The Balaban J connectivity index is 2.18. The van der Waals surface area contributed by atoms with Crippen LogP contribution in [-0.4, -0.2) is 13.6 Å².